The first-order chi connectivity index (χ1) is 17.1. The van der Waals surface area contributed by atoms with Gasteiger partial charge in [0.25, 0.3) is 0 Å². The molecule has 3 heterocycles. The smallest absolute Gasteiger partial charge is 0.319 e. The maximum atomic E-state index is 12.2. The van der Waals surface area contributed by atoms with Gasteiger partial charge in [0.05, 0.1) is 23.9 Å². The van der Waals surface area contributed by atoms with Gasteiger partial charge >= 0.3 is 6.03 Å². The lowest BCUT2D eigenvalue weighted by molar-refractivity contribution is 0.253. The van der Waals surface area contributed by atoms with Crippen molar-refractivity contribution in [3.63, 3.8) is 0 Å². The predicted molar refractivity (Wildman–Crippen MR) is 142 cm³/mol. The maximum absolute atomic E-state index is 12.2. The quantitative estimate of drug-likeness (QED) is 0.491. The van der Waals surface area contributed by atoms with Crippen LogP contribution in [0.4, 0.5) is 15.5 Å². The topological polar surface area (TPSA) is 85.8 Å². The molecule has 1 fully saturated rings. The van der Waals surface area contributed by atoms with E-state index in [0.717, 1.165) is 85.9 Å². The molecule has 1 aromatic heterocycles. The van der Waals surface area contributed by atoms with Gasteiger partial charge < -0.3 is 20.3 Å². The first kappa shape index (κ1) is 23.5. The third-order valence-corrected chi connectivity index (χ3v) is 8.03. The summed E-state index contributed by atoms with van der Waals surface area (Å²) in [7, 11) is 0. The van der Waals surface area contributed by atoms with Gasteiger partial charge in [0, 0.05) is 37.3 Å². The summed E-state index contributed by atoms with van der Waals surface area (Å²) in [5, 5.41) is 10.9. The van der Waals surface area contributed by atoms with Crippen molar-refractivity contribution in [2.75, 3.05) is 55.7 Å². The van der Waals surface area contributed by atoms with E-state index in [9.17, 15) is 4.79 Å². The fourth-order valence-electron chi connectivity index (χ4n) is 5.05. The molecule has 3 aromatic rings. The number of anilines is 2. The van der Waals surface area contributed by atoms with Crippen molar-refractivity contribution in [3.05, 3.63) is 53.6 Å². The zero-order valence-corrected chi connectivity index (χ0v) is 20.7. The number of rotatable bonds is 7. The number of carbonyl (C=O) groups excluding carboxylic acids is 1. The Bertz CT molecular complexity index is 1250. The number of thiophene rings is 1. The fraction of sp³-hybridized carbons (Fsp3) is 0.407. The molecule has 0 radical (unpaired) electrons. The highest BCUT2D eigenvalue weighted by molar-refractivity contribution is 7.23. The van der Waals surface area contributed by atoms with E-state index in [1.165, 1.54) is 22.6 Å². The first-order valence-electron chi connectivity index (χ1n) is 12.3. The van der Waals surface area contributed by atoms with Crippen LogP contribution in [-0.2, 0) is 6.42 Å². The monoisotopic (exact) mass is 489 g/mol. The Morgan fingerprint density at radius 2 is 2.06 bits per heavy atom. The molecule has 2 aromatic carbocycles. The number of fused-ring (bicyclic) bond motifs is 2. The molecule has 7 nitrogen and oxygen atoms in total. The number of carbonyl (C=O) groups is 1. The summed E-state index contributed by atoms with van der Waals surface area (Å²) < 4.78 is 6.98. The predicted octanol–water partition coefficient (Wildman–Crippen LogP) is 4.59. The molecule has 2 N–H and O–H groups in total. The molecule has 0 spiro atoms. The standard InChI is InChI=1S/C27H31N5O2S/c28-19-20-7-8-24-22(17-20)18-25(35-24)32(27(29)33)13-2-1-10-30-11-4-12-31(15-14-30)23-6-3-5-21-9-16-34-26(21)23/h3,5-8,17-18H,1-2,4,9-16H2,(H2,29,33). The summed E-state index contributed by atoms with van der Waals surface area (Å²) >= 11 is 1.54. The number of ether oxygens (including phenoxy) is 1. The van der Waals surface area contributed by atoms with Crippen LogP contribution < -0.4 is 20.3 Å². The largest absolute Gasteiger partial charge is 0.491 e. The van der Waals surface area contributed by atoms with Crippen molar-refractivity contribution >= 4 is 38.1 Å². The Hall–Kier alpha value is -3.28. The summed E-state index contributed by atoms with van der Waals surface area (Å²) in [6, 6.07) is 15.8. The number of hydrogen-bond acceptors (Lipinski definition) is 6. The Morgan fingerprint density at radius 3 is 2.91 bits per heavy atom. The van der Waals surface area contributed by atoms with Crippen molar-refractivity contribution in [2.24, 2.45) is 5.73 Å². The number of para-hydroxylation sites is 1. The highest BCUT2D eigenvalue weighted by atomic mass is 32.1. The molecule has 2 amide bonds. The van der Waals surface area contributed by atoms with E-state index in [2.05, 4.69) is 34.1 Å². The molecule has 0 bridgehead atoms. The number of nitrogens with two attached hydrogens (primary N) is 1. The molecule has 0 saturated carbocycles. The molecule has 0 atom stereocenters. The van der Waals surface area contributed by atoms with Crippen molar-refractivity contribution in [1.29, 1.82) is 5.26 Å². The van der Waals surface area contributed by atoms with Gasteiger partial charge in [-0.2, -0.15) is 5.26 Å². The number of primary amides is 1. The summed E-state index contributed by atoms with van der Waals surface area (Å²) in [6.07, 6.45) is 4.04. The molecule has 0 unspecified atom stereocenters. The average Bonchev–Trinajstić information content (AvgIpc) is 3.44. The average molecular weight is 490 g/mol. The van der Waals surface area contributed by atoms with Gasteiger partial charge in [0.1, 0.15) is 10.8 Å². The van der Waals surface area contributed by atoms with Crippen LogP contribution in [0, 0.1) is 11.3 Å². The van der Waals surface area contributed by atoms with E-state index < -0.39 is 6.03 Å². The van der Waals surface area contributed by atoms with E-state index in [1.807, 2.05) is 18.2 Å². The Labute approximate surface area is 210 Å². The highest BCUT2D eigenvalue weighted by Crippen LogP contribution is 2.36. The SMILES string of the molecule is N#Cc1ccc2sc(N(CCCCN3CCCN(c4cccc5c4OCC5)CC3)C(N)=O)cc2c1. The third-order valence-electron chi connectivity index (χ3n) is 6.89. The Balaban J connectivity index is 1.13. The van der Waals surface area contributed by atoms with Crippen LogP contribution in [0.2, 0.25) is 0 Å². The lowest BCUT2D eigenvalue weighted by Gasteiger charge is -2.25. The van der Waals surface area contributed by atoms with Gasteiger partial charge in [-0.3, -0.25) is 4.90 Å². The number of unbranched alkanes of at least 4 members (excludes halogenated alkanes) is 1. The van der Waals surface area contributed by atoms with Gasteiger partial charge in [-0.1, -0.05) is 12.1 Å². The van der Waals surface area contributed by atoms with Gasteiger partial charge in [-0.25, -0.2) is 4.79 Å². The van der Waals surface area contributed by atoms with E-state index in [0.29, 0.717) is 12.1 Å². The Morgan fingerprint density at radius 1 is 1.14 bits per heavy atom. The van der Waals surface area contributed by atoms with E-state index in [1.54, 1.807) is 11.0 Å². The fourth-order valence-corrected chi connectivity index (χ4v) is 6.12. The van der Waals surface area contributed by atoms with E-state index >= 15 is 0 Å². The van der Waals surface area contributed by atoms with Gasteiger partial charge in [0.2, 0.25) is 0 Å². The third kappa shape index (κ3) is 5.21. The van der Waals surface area contributed by atoms with Crippen LogP contribution in [0.3, 0.4) is 0 Å². The van der Waals surface area contributed by atoms with Gasteiger partial charge in [-0.15, -0.1) is 11.3 Å². The Kier molecular flexibility index (Phi) is 7.07. The minimum atomic E-state index is -0.430. The number of hydrogen-bond donors (Lipinski definition) is 1. The lowest BCUT2D eigenvalue weighted by Crippen LogP contribution is -2.36. The van der Waals surface area contributed by atoms with Crippen LogP contribution in [0.15, 0.2) is 42.5 Å². The molecular weight excluding hydrogens is 458 g/mol. The normalized spacial score (nSPS) is 15.9. The number of benzene rings is 2. The van der Waals surface area contributed by atoms with Gasteiger partial charge in [0.15, 0.2) is 0 Å². The second-order valence-corrected chi connectivity index (χ2v) is 10.3. The molecular formula is C27H31N5O2S. The van der Waals surface area contributed by atoms with Crippen molar-refractivity contribution in [3.8, 4) is 11.8 Å². The maximum Gasteiger partial charge on any atom is 0.319 e. The second kappa shape index (κ2) is 10.5. The molecule has 35 heavy (non-hydrogen) atoms. The van der Waals surface area contributed by atoms with E-state index in [4.69, 9.17) is 15.7 Å². The van der Waals surface area contributed by atoms with Crippen LogP contribution in [0.5, 0.6) is 5.75 Å². The number of nitriles is 1. The molecule has 182 valence electrons. The van der Waals surface area contributed by atoms with Crippen LogP contribution in [-0.4, -0.2) is 56.8 Å². The zero-order chi connectivity index (χ0) is 24.2. The number of amides is 2. The molecule has 0 aliphatic carbocycles. The van der Waals surface area contributed by atoms with Crippen LogP contribution in [0.25, 0.3) is 10.1 Å². The van der Waals surface area contributed by atoms with E-state index in [-0.39, 0.29) is 0 Å². The first-order valence-corrected chi connectivity index (χ1v) is 13.2. The number of nitrogens with zero attached hydrogens (tertiary/aromatic N) is 4. The summed E-state index contributed by atoms with van der Waals surface area (Å²) in [6.45, 7) is 6.56. The molecule has 2 aliphatic heterocycles. The molecule has 8 heteroatoms. The minimum Gasteiger partial charge on any atom is -0.491 e. The highest BCUT2D eigenvalue weighted by Gasteiger charge is 2.22. The van der Waals surface area contributed by atoms with Crippen molar-refractivity contribution in [1.82, 2.24) is 4.90 Å². The van der Waals surface area contributed by atoms with Gasteiger partial charge in [-0.05, 0) is 73.6 Å². The van der Waals surface area contributed by atoms with Crippen LogP contribution in [0.1, 0.15) is 30.4 Å². The number of urea groups is 1. The second-order valence-electron chi connectivity index (χ2n) is 9.19. The molecule has 5 rings (SSSR count). The lowest BCUT2D eigenvalue weighted by atomic mass is 10.1. The van der Waals surface area contributed by atoms with Crippen molar-refractivity contribution < 1.29 is 9.53 Å². The minimum absolute atomic E-state index is 0.430. The molecule has 1 saturated heterocycles. The zero-order valence-electron chi connectivity index (χ0n) is 19.9. The van der Waals surface area contributed by atoms with Crippen LogP contribution >= 0.6 is 11.3 Å². The summed E-state index contributed by atoms with van der Waals surface area (Å²) in [5.41, 5.74) is 8.90. The summed E-state index contributed by atoms with van der Waals surface area (Å²) in [4.78, 5) is 18.8. The summed E-state index contributed by atoms with van der Waals surface area (Å²) in [5.74, 6) is 1.08. The molecule has 2 aliphatic rings. The van der Waals surface area contributed by atoms with Crippen molar-refractivity contribution in [2.45, 2.75) is 25.7 Å².